The highest BCUT2D eigenvalue weighted by Crippen LogP contribution is 2.42. The molecule has 0 atom stereocenters. The monoisotopic (exact) mass is 503 g/mol. The predicted molar refractivity (Wildman–Crippen MR) is 127 cm³/mol. The third kappa shape index (κ3) is 5.56. The minimum absolute atomic E-state index is 0.131. The molecule has 3 nitrogen and oxygen atoms in total. The SMILES string of the molecule is COC(=O)c1cccc(C2=C(c3cc(C(F)(F)F)ccc3CCc3ccc(Cl)cc3F)CCC2)n1. The van der Waals surface area contributed by atoms with Gasteiger partial charge in [-0.2, -0.15) is 13.2 Å². The van der Waals surface area contributed by atoms with Crippen molar-refractivity contribution in [1.82, 2.24) is 4.98 Å². The average molecular weight is 504 g/mol. The average Bonchev–Trinajstić information content (AvgIpc) is 3.32. The van der Waals surface area contributed by atoms with Gasteiger partial charge in [0.15, 0.2) is 0 Å². The first-order valence-corrected chi connectivity index (χ1v) is 11.5. The van der Waals surface area contributed by atoms with Crippen molar-refractivity contribution in [3.8, 4) is 0 Å². The molecule has 0 amide bonds. The van der Waals surface area contributed by atoms with E-state index in [4.69, 9.17) is 16.3 Å². The molecule has 0 saturated heterocycles. The third-order valence-electron chi connectivity index (χ3n) is 6.11. The number of methoxy groups -OCH3 is 1. The van der Waals surface area contributed by atoms with E-state index in [0.29, 0.717) is 48.1 Å². The topological polar surface area (TPSA) is 39.2 Å². The van der Waals surface area contributed by atoms with Gasteiger partial charge in [-0.05, 0) is 96.3 Å². The Morgan fingerprint density at radius 3 is 2.43 bits per heavy atom. The van der Waals surface area contributed by atoms with Gasteiger partial charge in [0.25, 0.3) is 0 Å². The maximum absolute atomic E-state index is 14.3. The van der Waals surface area contributed by atoms with Crippen LogP contribution in [0.2, 0.25) is 5.02 Å². The lowest BCUT2D eigenvalue weighted by Crippen LogP contribution is -2.08. The van der Waals surface area contributed by atoms with Crippen molar-refractivity contribution in [3.05, 3.63) is 99.1 Å². The lowest BCUT2D eigenvalue weighted by atomic mass is 9.90. The van der Waals surface area contributed by atoms with Gasteiger partial charge in [-0.1, -0.05) is 29.8 Å². The number of pyridine rings is 1. The third-order valence-corrected chi connectivity index (χ3v) is 6.35. The number of hydrogen-bond acceptors (Lipinski definition) is 3. The van der Waals surface area contributed by atoms with Crippen LogP contribution in [0, 0.1) is 5.82 Å². The molecule has 2 aromatic carbocycles. The second-order valence-electron chi connectivity index (χ2n) is 8.32. The van der Waals surface area contributed by atoms with Crippen molar-refractivity contribution in [1.29, 1.82) is 0 Å². The minimum atomic E-state index is -4.50. The Labute approximate surface area is 205 Å². The summed E-state index contributed by atoms with van der Waals surface area (Å²) in [6.45, 7) is 0. The van der Waals surface area contributed by atoms with Gasteiger partial charge in [0.05, 0.1) is 18.4 Å². The first-order valence-electron chi connectivity index (χ1n) is 11.1. The number of alkyl halides is 3. The fraction of sp³-hybridized carbons (Fsp3) is 0.259. The van der Waals surface area contributed by atoms with Crippen LogP contribution in [-0.2, 0) is 23.8 Å². The van der Waals surface area contributed by atoms with Crippen molar-refractivity contribution < 1.29 is 27.1 Å². The maximum atomic E-state index is 14.3. The van der Waals surface area contributed by atoms with E-state index >= 15 is 0 Å². The number of hydrogen-bond donors (Lipinski definition) is 0. The Morgan fingerprint density at radius 2 is 1.71 bits per heavy atom. The van der Waals surface area contributed by atoms with E-state index in [1.807, 2.05) is 0 Å². The van der Waals surface area contributed by atoms with Crippen LogP contribution in [0.3, 0.4) is 0 Å². The lowest BCUT2D eigenvalue weighted by molar-refractivity contribution is -0.137. The summed E-state index contributed by atoms with van der Waals surface area (Å²) in [5, 5.41) is 0.281. The zero-order valence-electron chi connectivity index (χ0n) is 18.9. The number of carbonyl (C=O) groups is 1. The molecule has 0 fully saturated rings. The van der Waals surface area contributed by atoms with Crippen LogP contribution in [0.1, 0.15) is 57.7 Å². The van der Waals surface area contributed by atoms with Gasteiger partial charge in [-0.3, -0.25) is 0 Å². The Hall–Kier alpha value is -3.19. The molecule has 0 bridgehead atoms. The molecule has 0 saturated carbocycles. The number of rotatable bonds is 6. The smallest absolute Gasteiger partial charge is 0.416 e. The Kier molecular flexibility index (Phi) is 7.26. The molecule has 4 rings (SSSR count). The standard InChI is InChI=1S/C27H22ClF4NO2/c1-35-26(34)25-7-3-6-24(33-25)21-5-2-4-20(21)22-14-18(27(30,31)32)12-10-16(22)8-9-17-11-13-19(28)15-23(17)29/h3,6-7,10-15H,2,4-5,8-9H2,1H3. The molecule has 0 aliphatic heterocycles. The van der Waals surface area contributed by atoms with Crippen molar-refractivity contribution >= 4 is 28.7 Å². The minimum Gasteiger partial charge on any atom is -0.464 e. The fourth-order valence-electron chi connectivity index (χ4n) is 4.39. The highest BCUT2D eigenvalue weighted by molar-refractivity contribution is 6.30. The maximum Gasteiger partial charge on any atom is 0.416 e. The van der Waals surface area contributed by atoms with Crippen LogP contribution in [0.4, 0.5) is 17.6 Å². The van der Waals surface area contributed by atoms with E-state index in [0.717, 1.165) is 23.6 Å². The van der Waals surface area contributed by atoms with E-state index in [-0.39, 0.29) is 10.7 Å². The zero-order valence-corrected chi connectivity index (χ0v) is 19.6. The molecule has 1 aliphatic carbocycles. The van der Waals surface area contributed by atoms with Crippen molar-refractivity contribution in [2.75, 3.05) is 7.11 Å². The molecule has 182 valence electrons. The van der Waals surface area contributed by atoms with Gasteiger partial charge < -0.3 is 4.74 Å². The summed E-state index contributed by atoms with van der Waals surface area (Å²) >= 11 is 5.83. The molecule has 0 radical (unpaired) electrons. The highest BCUT2D eigenvalue weighted by atomic mass is 35.5. The summed E-state index contributed by atoms with van der Waals surface area (Å²) in [6.07, 6.45) is -1.91. The lowest BCUT2D eigenvalue weighted by Gasteiger charge is -2.17. The van der Waals surface area contributed by atoms with E-state index in [2.05, 4.69) is 4.98 Å². The molecule has 1 aliphatic rings. The molecular formula is C27H22ClF4NO2. The fourth-order valence-corrected chi connectivity index (χ4v) is 4.55. The van der Waals surface area contributed by atoms with Crippen molar-refractivity contribution in [2.24, 2.45) is 0 Å². The van der Waals surface area contributed by atoms with Crippen LogP contribution in [0.15, 0.2) is 54.6 Å². The molecule has 0 unspecified atom stereocenters. The molecular weight excluding hydrogens is 482 g/mol. The van der Waals surface area contributed by atoms with E-state index in [1.165, 1.54) is 31.4 Å². The number of carbonyl (C=O) groups excluding carboxylic acids is 1. The highest BCUT2D eigenvalue weighted by Gasteiger charge is 2.32. The first kappa shape index (κ1) is 24.9. The van der Waals surface area contributed by atoms with E-state index in [9.17, 15) is 22.4 Å². The molecule has 0 spiro atoms. The number of nitrogens with zero attached hydrogens (tertiary/aromatic N) is 1. The number of allylic oxidation sites excluding steroid dienone is 2. The van der Waals surface area contributed by atoms with E-state index in [1.54, 1.807) is 24.3 Å². The zero-order chi connectivity index (χ0) is 25.2. The summed E-state index contributed by atoms with van der Waals surface area (Å²) in [5.74, 6) is -1.03. The molecule has 3 aromatic rings. The number of aromatic nitrogens is 1. The molecule has 8 heteroatoms. The predicted octanol–water partition coefficient (Wildman–Crippen LogP) is 7.56. The number of aryl methyl sites for hydroxylation is 2. The van der Waals surface area contributed by atoms with Gasteiger partial charge in [-0.25, -0.2) is 14.2 Å². The Bertz CT molecular complexity index is 1300. The molecule has 0 N–H and O–H groups in total. The van der Waals surface area contributed by atoms with Gasteiger partial charge in [0.2, 0.25) is 0 Å². The molecule has 1 heterocycles. The van der Waals surface area contributed by atoms with Crippen LogP contribution in [0.5, 0.6) is 0 Å². The van der Waals surface area contributed by atoms with Crippen molar-refractivity contribution in [2.45, 2.75) is 38.3 Å². The van der Waals surface area contributed by atoms with Crippen LogP contribution in [0.25, 0.3) is 11.1 Å². The van der Waals surface area contributed by atoms with Crippen molar-refractivity contribution in [3.63, 3.8) is 0 Å². The summed E-state index contributed by atoms with van der Waals surface area (Å²) in [6, 6.07) is 13.0. The number of esters is 1. The number of benzene rings is 2. The first-order chi connectivity index (χ1) is 16.7. The normalized spacial score (nSPS) is 13.9. The van der Waals surface area contributed by atoms with Gasteiger partial charge in [0.1, 0.15) is 11.5 Å². The van der Waals surface area contributed by atoms with Crippen LogP contribution >= 0.6 is 11.6 Å². The second kappa shape index (κ2) is 10.2. The van der Waals surface area contributed by atoms with Gasteiger partial charge in [0, 0.05) is 5.02 Å². The summed E-state index contributed by atoms with van der Waals surface area (Å²) in [7, 11) is 1.26. The van der Waals surface area contributed by atoms with E-state index < -0.39 is 23.5 Å². The number of halogens is 5. The molecule has 35 heavy (non-hydrogen) atoms. The van der Waals surface area contributed by atoms with Gasteiger partial charge >= 0.3 is 12.1 Å². The quantitative estimate of drug-likeness (QED) is 0.257. The largest absolute Gasteiger partial charge is 0.464 e. The van der Waals surface area contributed by atoms with Gasteiger partial charge in [-0.15, -0.1) is 0 Å². The Balaban J connectivity index is 1.78. The van der Waals surface area contributed by atoms with Crippen LogP contribution < -0.4 is 0 Å². The Morgan fingerprint density at radius 1 is 1.00 bits per heavy atom. The van der Waals surface area contributed by atoms with Crippen LogP contribution in [-0.4, -0.2) is 18.1 Å². The summed E-state index contributed by atoms with van der Waals surface area (Å²) in [5.41, 5.74) is 3.08. The summed E-state index contributed by atoms with van der Waals surface area (Å²) < 4.78 is 59.8. The number of ether oxygens (including phenoxy) is 1. The summed E-state index contributed by atoms with van der Waals surface area (Å²) in [4.78, 5) is 16.3. The second-order valence-corrected chi connectivity index (χ2v) is 8.75. The molecule has 1 aromatic heterocycles.